The maximum Gasteiger partial charge on any atom is 0.161 e. The molecule has 2 aliphatic carbocycles. The summed E-state index contributed by atoms with van der Waals surface area (Å²) in [6.07, 6.45) is 4.20. The van der Waals surface area contributed by atoms with Gasteiger partial charge in [0.25, 0.3) is 0 Å². The van der Waals surface area contributed by atoms with Crippen molar-refractivity contribution in [3.8, 4) is 5.75 Å². The summed E-state index contributed by atoms with van der Waals surface area (Å²) in [5.74, 6) is 0.118. The number of hydrogen-bond acceptors (Lipinski definition) is 4. The Labute approximate surface area is 217 Å². The Bertz CT molecular complexity index is 1210. The van der Waals surface area contributed by atoms with Gasteiger partial charge in [-0.15, -0.1) is 0 Å². The minimum Gasteiger partial charge on any atom is -0.487 e. The molecule has 0 spiro atoms. The Morgan fingerprint density at radius 3 is 2.12 bits per heavy atom. The quantitative estimate of drug-likeness (QED) is 0.391. The Hall–Kier alpha value is -2.08. The van der Waals surface area contributed by atoms with Crippen LogP contribution in [-0.4, -0.2) is 23.5 Å². The fourth-order valence-corrected chi connectivity index (χ4v) is 6.17. The van der Waals surface area contributed by atoms with Crippen LogP contribution in [0.4, 0.5) is 0 Å². The third-order valence-corrected chi connectivity index (χ3v) is 7.92. The minimum atomic E-state index is -0.516. The zero-order valence-electron chi connectivity index (χ0n) is 18.8. The molecule has 2 aromatic carbocycles. The van der Waals surface area contributed by atoms with Crippen LogP contribution in [0.1, 0.15) is 55.6 Å². The van der Waals surface area contributed by atoms with Gasteiger partial charge in [-0.05, 0) is 55.5 Å². The highest BCUT2D eigenvalue weighted by molar-refractivity contribution is 9.10. The van der Waals surface area contributed by atoms with Crippen LogP contribution in [0.25, 0.3) is 0 Å². The standard InChI is InChI=1S/C27H24BrCl2NO3/c1-31-20-4-2-6-22(32)25(20)24(26-21(31)5-3-7-23(26)33)18-12-17(29)13-19(30)27(18)34-14-15-8-10-16(28)11-9-15/h8-13,24H,2-7,14H2,1H3. The first-order valence-electron chi connectivity index (χ1n) is 11.5. The number of carbonyl (C=O) groups is 2. The van der Waals surface area contributed by atoms with Gasteiger partial charge in [-0.3, -0.25) is 9.59 Å². The molecule has 7 heteroatoms. The summed E-state index contributed by atoms with van der Waals surface area (Å²) in [6, 6.07) is 11.3. The van der Waals surface area contributed by atoms with Crippen molar-refractivity contribution in [3.05, 3.63) is 84.6 Å². The van der Waals surface area contributed by atoms with E-state index >= 15 is 0 Å². The van der Waals surface area contributed by atoms with E-state index in [0.717, 1.165) is 47.1 Å². The van der Waals surface area contributed by atoms with Crippen molar-refractivity contribution in [2.45, 2.75) is 51.0 Å². The van der Waals surface area contributed by atoms with Gasteiger partial charge in [0.15, 0.2) is 11.6 Å². The van der Waals surface area contributed by atoms with E-state index in [1.54, 1.807) is 12.1 Å². The molecule has 4 nitrogen and oxygen atoms in total. The average Bonchev–Trinajstić information content (AvgIpc) is 2.80. The van der Waals surface area contributed by atoms with Crippen molar-refractivity contribution < 1.29 is 14.3 Å². The van der Waals surface area contributed by atoms with Crippen molar-refractivity contribution >= 4 is 50.7 Å². The van der Waals surface area contributed by atoms with Crippen molar-refractivity contribution in [1.29, 1.82) is 0 Å². The molecule has 0 unspecified atom stereocenters. The maximum absolute atomic E-state index is 13.3. The lowest BCUT2D eigenvalue weighted by atomic mass is 9.71. The van der Waals surface area contributed by atoms with Crippen LogP contribution in [-0.2, 0) is 16.2 Å². The molecule has 0 aromatic heterocycles. The number of rotatable bonds is 4. The van der Waals surface area contributed by atoms with Crippen LogP contribution in [0.15, 0.2) is 63.4 Å². The Morgan fingerprint density at radius 2 is 1.53 bits per heavy atom. The van der Waals surface area contributed by atoms with Crippen LogP contribution in [0, 0.1) is 0 Å². The normalized spacial score (nSPS) is 18.9. The Kier molecular flexibility index (Phi) is 6.62. The van der Waals surface area contributed by atoms with E-state index in [0.29, 0.717) is 52.0 Å². The van der Waals surface area contributed by atoms with E-state index in [-0.39, 0.29) is 11.6 Å². The number of halogens is 3. The third-order valence-electron chi connectivity index (χ3n) is 6.89. The van der Waals surface area contributed by atoms with Crippen LogP contribution in [0.3, 0.4) is 0 Å². The topological polar surface area (TPSA) is 46.6 Å². The molecule has 0 fully saturated rings. The maximum atomic E-state index is 13.3. The number of carbonyl (C=O) groups excluding carboxylic acids is 2. The predicted molar refractivity (Wildman–Crippen MR) is 137 cm³/mol. The molecule has 176 valence electrons. The van der Waals surface area contributed by atoms with Crippen LogP contribution in [0.2, 0.25) is 10.0 Å². The second-order valence-corrected chi connectivity index (χ2v) is 10.7. The van der Waals surface area contributed by atoms with E-state index in [4.69, 9.17) is 27.9 Å². The lowest BCUT2D eigenvalue weighted by Crippen LogP contribution is -2.37. The molecule has 0 amide bonds. The first-order chi connectivity index (χ1) is 16.3. The molecule has 2 aromatic rings. The summed E-state index contributed by atoms with van der Waals surface area (Å²) in [7, 11) is 1.98. The molecular weight excluding hydrogens is 537 g/mol. The molecule has 0 atom stereocenters. The van der Waals surface area contributed by atoms with Gasteiger partial charge < -0.3 is 9.64 Å². The number of ketones is 2. The van der Waals surface area contributed by atoms with Gasteiger partial charge in [0.1, 0.15) is 12.4 Å². The van der Waals surface area contributed by atoms with Crippen molar-refractivity contribution in [2.75, 3.05) is 7.05 Å². The van der Waals surface area contributed by atoms with Gasteiger partial charge in [0.2, 0.25) is 0 Å². The zero-order chi connectivity index (χ0) is 24.0. The predicted octanol–water partition coefficient (Wildman–Crippen LogP) is 7.38. The summed E-state index contributed by atoms with van der Waals surface area (Å²) >= 11 is 16.6. The van der Waals surface area contributed by atoms with Crippen molar-refractivity contribution in [2.24, 2.45) is 0 Å². The molecule has 3 aliphatic rings. The number of benzene rings is 2. The molecule has 0 saturated carbocycles. The highest BCUT2D eigenvalue weighted by Crippen LogP contribution is 2.52. The molecule has 0 saturated heterocycles. The zero-order valence-corrected chi connectivity index (χ0v) is 21.9. The smallest absolute Gasteiger partial charge is 0.161 e. The highest BCUT2D eigenvalue weighted by Gasteiger charge is 2.43. The Morgan fingerprint density at radius 1 is 0.941 bits per heavy atom. The van der Waals surface area contributed by atoms with Gasteiger partial charge in [-0.25, -0.2) is 0 Å². The van der Waals surface area contributed by atoms with Gasteiger partial charge in [-0.1, -0.05) is 51.3 Å². The molecule has 34 heavy (non-hydrogen) atoms. The lowest BCUT2D eigenvalue weighted by molar-refractivity contribution is -0.117. The van der Waals surface area contributed by atoms with Gasteiger partial charge in [0.05, 0.1) is 5.02 Å². The first kappa shape index (κ1) is 23.7. The highest BCUT2D eigenvalue weighted by atomic mass is 79.9. The number of nitrogens with zero attached hydrogens (tertiary/aromatic N) is 1. The summed E-state index contributed by atoms with van der Waals surface area (Å²) in [4.78, 5) is 28.7. The third kappa shape index (κ3) is 4.23. The lowest BCUT2D eigenvalue weighted by Gasteiger charge is -2.42. The summed E-state index contributed by atoms with van der Waals surface area (Å²) < 4.78 is 7.26. The summed E-state index contributed by atoms with van der Waals surface area (Å²) in [5, 5.41) is 0.820. The molecule has 1 aliphatic heterocycles. The SMILES string of the molecule is CN1C2=C(C(=O)CCC2)C(c2cc(Cl)cc(Cl)c2OCc2ccc(Br)cc2)C2=C1CCCC2=O. The Balaban J connectivity index is 1.66. The molecule has 5 rings (SSSR count). The second kappa shape index (κ2) is 9.52. The van der Waals surface area contributed by atoms with Gasteiger partial charge in [-0.2, -0.15) is 0 Å². The largest absolute Gasteiger partial charge is 0.487 e. The second-order valence-electron chi connectivity index (χ2n) is 8.99. The molecule has 1 heterocycles. The monoisotopic (exact) mass is 559 g/mol. The average molecular weight is 561 g/mol. The van der Waals surface area contributed by atoms with Gasteiger partial charge >= 0.3 is 0 Å². The molecule has 0 radical (unpaired) electrons. The van der Waals surface area contributed by atoms with Crippen LogP contribution in [0.5, 0.6) is 5.75 Å². The molecule has 0 N–H and O–H groups in total. The first-order valence-corrected chi connectivity index (χ1v) is 13.0. The van der Waals surface area contributed by atoms with Crippen molar-refractivity contribution in [1.82, 2.24) is 4.90 Å². The number of allylic oxidation sites excluding steroid dienone is 4. The number of hydrogen-bond donors (Lipinski definition) is 0. The van der Waals surface area contributed by atoms with E-state index < -0.39 is 5.92 Å². The number of Topliss-reactive ketones (excluding diaryl/α,β-unsaturated/α-hetero) is 2. The van der Waals surface area contributed by atoms with E-state index in [2.05, 4.69) is 20.8 Å². The van der Waals surface area contributed by atoms with Crippen LogP contribution < -0.4 is 4.74 Å². The minimum absolute atomic E-state index is 0.0815. The fraction of sp³-hybridized carbons (Fsp3) is 0.333. The fourth-order valence-electron chi connectivity index (χ4n) is 5.35. The van der Waals surface area contributed by atoms with E-state index in [1.807, 2.05) is 31.3 Å². The van der Waals surface area contributed by atoms with Crippen molar-refractivity contribution in [3.63, 3.8) is 0 Å². The molecule has 0 bridgehead atoms. The van der Waals surface area contributed by atoms with Gasteiger partial charge in [0, 0.05) is 63.4 Å². The van der Waals surface area contributed by atoms with E-state index in [9.17, 15) is 9.59 Å². The molecular formula is C27H24BrCl2NO3. The summed E-state index contributed by atoms with van der Waals surface area (Å²) in [6.45, 7) is 0.300. The van der Waals surface area contributed by atoms with E-state index in [1.165, 1.54) is 0 Å². The number of ether oxygens (including phenoxy) is 1. The summed E-state index contributed by atoms with van der Waals surface area (Å²) in [5.41, 5.74) is 5.05. The van der Waals surface area contributed by atoms with Crippen LogP contribution >= 0.6 is 39.1 Å².